The molecule has 0 aliphatic carbocycles. The predicted octanol–water partition coefficient (Wildman–Crippen LogP) is 1.51. The third-order valence-corrected chi connectivity index (χ3v) is 4.36. The van der Waals surface area contributed by atoms with Crippen LogP contribution in [0.1, 0.15) is 30.5 Å². The van der Waals surface area contributed by atoms with Crippen molar-refractivity contribution in [3.05, 3.63) is 11.3 Å². The minimum Gasteiger partial charge on any atom is -0.389 e. The molecule has 0 atom stereocenters. The van der Waals surface area contributed by atoms with Crippen molar-refractivity contribution < 1.29 is 0 Å². The number of aryl methyl sites for hydroxylation is 2. The summed E-state index contributed by atoms with van der Waals surface area (Å²) in [6.07, 6.45) is 3.78. The van der Waals surface area contributed by atoms with Gasteiger partial charge in [-0.15, -0.1) is 0 Å². The summed E-state index contributed by atoms with van der Waals surface area (Å²) >= 11 is 5.12. The third kappa shape index (κ3) is 3.49. The molecule has 3 N–H and O–H groups in total. The number of likely N-dealkylation sites (tertiary alicyclic amines) is 1. The summed E-state index contributed by atoms with van der Waals surface area (Å²) in [5.74, 6) is 1.77. The molecule has 0 spiro atoms. The van der Waals surface area contributed by atoms with E-state index in [1.807, 2.05) is 18.7 Å². The lowest BCUT2D eigenvalue weighted by Gasteiger charge is -2.29. The van der Waals surface area contributed by atoms with Crippen molar-refractivity contribution in [2.75, 3.05) is 32.0 Å². The van der Waals surface area contributed by atoms with Crippen molar-refractivity contribution in [3.8, 4) is 0 Å². The molecule has 1 aromatic heterocycles. The lowest BCUT2D eigenvalue weighted by Crippen LogP contribution is -2.31. The quantitative estimate of drug-likeness (QED) is 0.806. The van der Waals surface area contributed by atoms with Crippen LogP contribution in [0, 0.1) is 12.8 Å². The van der Waals surface area contributed by atoms with Crippen LogP contribution in [0.4, 0.5) is 5.82 Å². The summed E-state index contributed by atoms with van der Waals surface area (Å²) in [7, 11) is 4.12. The molecule has 0 aromatic carbocycles. The second-order valence-corrected chi connectivity index (χ2v) is 6.20. The zero-order chi connectivity index (χ0) is 14.7. The fourth-order valence-corrected chi connectivity index (χ4v) is 3.15. The molecule has 112 valence electrons. The maximum Gasteiger partial charge on any atom is 0.134 e. The second-order valence-electron chi connectivity index (χ2n) is 5.76. The van der Waals surface area contributed by atoms with Gasteiger partial charge < -0.3 is 16.0 Å². The highest BCUT2D eigenvalue weighted by molar-refractivity contribution is 7.80. The number of rotatable bonds is 5. The summed E-state index contributed by atoms with van der Waals surface area (Å²) in [5.41, 5.74) is 7.56. The Kier molecular flexibility index (Phi) is 4.99. The fraction of sp³-hybridized carbons (Fsp3) is 0.714. The van der Waals surface area contributed by atoms with Gasteiger partial charge in [-0.3, -0.25) is 4.68 Å². The Morgan fingerprint density at radius 1 is 1.40 bits per heavy atom. The van der Waals surface area contributed by atoms with E-state index >= 15 is 0 Å². The average Bonchev–Trinajstić information content (AvgIpc) is 2.66. The highest BCUT2D eigenvalue weighted by Crippen LogP contribution is 2.22. The Hall–Kier alpha value is -1.14. The van der Waals surface area contributed by atoms with Gasteiger partial charge in [0.1, 0.15) is 10.8 Å². The molecule has 0 radical (unpaired) electrons. The standard InChI is InChI=1S/C14H25N5S/c1-10-12(13(15)20)14(19(3)17-10)16-7-4-11-5-8-18(2)9-6-11/h11,16H,4-9H2,1-3H3,(H2,15,20). The number of aromatic nitrogens is 2. The lowest BCUT2D eigenvalue weighted by molar-refractivity contribution is 0.215. The zero-order valence-corrected chi connectivity index (χ0v) is 13.5. The van der Waals surface area contributed by atoms with E-state index in [0.717, 1.165) is 29.5 Å². The topological polar surface area (TPSA) is 59.1 Å². The molecule has 1 saturated heterocycles. The number of nitrogens with one attached hydrogen (secondary N) is 1. The second kappa shape index (κ2) is 6.54. The first-order valence-corrected chi connectivity index (χ1v) is 7.65. The highest BCUT2D eigenvalue weighted by Gasteiger charge is 2.18. The fourth-order valence-electron chi connectivity index (χ4n) is 2.90. The van der Waals surface area contributed by atoms with Crippen LogP contribution >= 0.6 is 12.2 Å². The first kappa shape index (κ1) is 15.3. The van der Waals surface area contributed by atoms with Gasteiger partial charge in [0.25, 0.3) is 0 Å². The average molecular weight is 295 g/mol. The van der Waals surface area contributed by atoms with Gasteiger partial charge in [0.05, 0.1) is 11.3 Å². The number of nitrogens with zero attached hydrogens (tertiary/aromatic N) is 3. The Labute approximate surface area is 126 Å². The lowest BCUT2D eigenvalue weighted by atomic mass is 9.94. The van der Waals surface area contributed by atoms with Gasteiger partial charge in [0.15, 0.2) is 0 Å². The van der Waals surface area contributed by atoms with Gasteiger partial charge in [-0.05, 0) is 52.2 Å². The van der Waals surface area contributed by atoms with Gasteiger partial charge >= 0.3 is 0 Å². The molecule has 1 aromatic rings. The van der Waals surface area contributed by atoms with Crippen LogP contribution in [0.5, 0.6) is 0 Å². The SMILES string of the molecule is Cc1nn(C)c(NCCC2CCN(C)CC2)c1C(N)=S. The van der Waals surface area contributed by atoms with Crippen molar-refractivity contribution >= 4 is 23.0 Å². The molecule has 1 fully saturated rings. The Bertz CT molecular complexity index is 474. The largest absolute Gasteiger partial charge is 0.389 e. The van der Waals surface area contributed by atoms with Crippen molar-refractivity contribution in [1.82, 2.24) is 14.7 Å². The number of piperidine rings is 1. The van der Waals surface area contributed by atoms with Crippen molar-refractivity contribution in [3.63, 3.8) is 0 Å². The molecule has 1 aliphatic heterocycles. The van der Waals surface area contributed by atoms with E-state index in [9.17, 15) is 0 Å². The zero-order valence-electron chi connectivity index (χ0n) is 12.6. The monoisotopic (exact) mass is 295 g/mol. The van der Waals surface area contributed by atoms with Crippen molar-refractivity contribution in [2.45, 2.75) is 26.2 Å². The molecule has 6 heteroatoms. The number of hydrogen-bond acceptors (Lipinski definition) is 4. The molecule has 0 unspecified atom stereocenters. The first-order chi connectivity index (χ1) is 9.49. The maximum atomic E-state index is 5.79. The molecule has 0 saturated carbocycles. The van der Waals surface area contributed by atoms with E-state index in [4.69, 9.17) is 18.0 Å². The summed E-state index contributed by atoms with van der Waals surface area (Å²) in [4.78, 5) is 2.82. The minimum atomic E-state index is 0.414. The summed E-state index contributed by atoms with van der Waals surface area (Å²) < 4.78 is 1.83. The van der Waals surface area contributed by atoms with Gasteiger partial charge in [-0.1, -0.05) is 12.2 Å². The van der Waals surface area contributed by atoms with Gasteiger partial charge in [0, 0.05) is 13.6 Å². The van der Waals surface area contributed by atoms with Crippen LogP contribution in [0.3, 0.4) is 0 Å². The van der Waals surface area contributed by atoms with Gasteiger partial charge in [-0.2, -0.15) is 5.10 Å². The van der Waals surface area contributed by atoms with Gasteiger partial charge in [-0.25, -0.2) is 0 Å². The van der Waals surface area contributed by atoms with E-state index in [1.54, 1.807) is 0 Å². The normalized spacial score (nSPS) is 17.4. The van der Waals surface area contributed by atoms with Gasteiger partial charge in [0.2, 0.25) is 0 Å². The number of nitrogens with two attached hydrogens (primary N) is 1. The Morgan fingerprint density at radius 3 is 2.65 bits per heavy atom. The molecule has 0 amide bonds. The molecular formula is C14H25N5S. The van der Waals surface area contributed by atoms with E-state index in [1.165, 1.54) is 32.4 Å². The van der Waals surface area contributed by atoms with Crippen molar-refractivity contribution in [1.29, 1.82) is 0 Å². The van der Waals surface area contributed by atoms with E-state index in [-0.39, 0.29) is 0 Å². The van der Waals surface area contributed by atoms with Crippen LogP contribution < -0.4 is 11.1 Å². The van der Waals surface area contributed by atoms with Crippen LogP contribution in [-0.4, -0.2) is 46.4 Å². The molecule has 5 nitrogen and oxygen atoms in total. The number of hydrogen-bond donors (Lipinski definition) is 2. The smallest absolute Gasteiger partial charge is 0.134 e. The molecular weight excluding hydrogens is 270 g/mol. The Morgan fingerprint density at radius 2 is 2.05 bits per heavy atom. The molecule has 20 heavy (non-hydrogen) atoms. The van der Waals surface area contributed by atoms with Crippen LogP contribution in [0.2, 0.25) is 0 Å². The van der Waals surface area contributed by atoms with Crippen LogP contribution in [0.25, 0.3) is 0 Å². The highest BCUT2D eigenvalue weighted by atomic mass is 32.1. The van der Waals surface area contributed by atoms with E-state index in [2.05, 4.69) is 22.4 Å². The van der Waals surface area contributed by atoms with E-state index in [0.29, 0.717) is 4.99 Å². The van der Waals surface area contributed by atoms with Crippen LogP contribution in [-0.2, 0) is 7.05 Å². The summed E-state index contributed by atoms with van der Waals surface area (Å²) in [6.45, 7) is 5.32. The number of thiocarbonyl (C=S) groups is 1. The third-order valence-electron chi connectivity index (χ3n) is 4.15. The van der Waals surface area contributed by atoms with Crippen molar-refractivity contribution in [2.24, 2.45) is 18.7 Å². The number of anilines is 1. The molecule has 2 rings (SSSR count). The van der Waals surface area contributed by atoms with Crippen LogP contribution in [0.15, 0.2) is 0 Å². The molecule has 0 bridgehead atoms. The minimum absolute atomic E-state index is 0.414. The summed E-state index contributed by atoms with van der Waals surface area (Å²) in [5, 5.41) is 7.85. The Balaban J connectivity index is 1.90. The first-order valence-electron chi connectivity index (χ1n) is 7.25. The maximum absolute atomic E-state index is 5.79. The predicted molar refractivity (Wildman–Crippen MR) is 87.2 cm³/mol. The summed E-state index contributed by atoms with van der Waals surface area (Å²) in [6, 6.07) is 0. The molecule has 2 heterocycles. The molecule has 1 aliphatic rings. The van der Waals surface area contributed by atoms with E-state index < -0.39 is 0 Å².